The first-order valence-electron chi connectivity index (χ1n) is 1.53. The minimum Gasteiger partial charge on any atom is -0.376 e. The molecule has 0 aliphatic heterocycles. The fraction of sp³-hybridized carbons (Fsp3) is 0. The van der Waals surface area contributed by atoms with E-state index >= 15 is 0 Å². The van der Waals surface area contributed by atoms with E-state index in [0.29, 0.717) is 0 Å². The lowest BCUT2D eigenvalue weighted by Gasteiger charge is -1.95. The summed E-state index contributed by atoms with van der Waals surface area (Å²) >= 11 is 4.32. The maximum atomic E-state index is 6.52. The van der Waals surface area contributed by atoms with Gasteiger partial charge in [-0.3, -0.25) is 5.41 Å². The fourth-order valence-electron chi connectivity index (χ4n) is 0.133. The van der Waals surface area contributed by atoms with Crippen molar-refractivity contribution in [2.24, 2.45) is 11.5 Å². The Kier molecular flexibility index (Phi) is 13.9. The van der Waals surface area contributed by atoms with Gasteiger partial charge in [-0.1, -0.05) is 0 Å². The Balaban J connectivity index is -0.000000180. The Morgan fingerprint density at radius 3 is 1.67 bits per heavy atom. The van der Waals surface area contributed by atoms with Gasteiger partial charge in [0, 0.05) is 0 Å². The van der Waals surface area contributed by atoms with Crippen LogP contribution in [-0.4, -0.2) is 11.1 Å². The van der Waals surface area contributed by atoms with Gasteiger partial charge in [-0.05, 0) is 12.2 Å². The minimum absolute atomic E-state index is 0. The molecule has 0 amide bonds. The predicted molar refractivity (Wildman–Crippen MR) is 52.6 cm³/mol. The van der Waals surface area contributed by atoms with Gasteiger partial charge in [0.2, 0.25) is 0 Å². The van der Waals surface area contributed by atoms with Gasteiger partial charge < -0.3 is 16.8 Å². The molecule has 0 saturated carbocycles. The molecule has 0 radical (unpaired) electrons. The monoisotopic (exact) mass is 186 g/mol. The zero-order chi connectivity index (χ0) is 5.86. The van der Waals surface area contributed by atoms with E-state index in [-0.39, 0.29) is 38.1 Å². The lowest BCUT2D eigenvalue weighted by Crippen LogP contribution is -2.39. The van der Waals surface area contributed by atoms with Crippen LogP contribution >= 0.6 is 39.2 Å². The number of nitrogens with two attached hydrogens (primary N) is 2. The summed E-state index contributed by atoms with van der Waals surface area (Å²) < 4.78 is 0. The smallest absolute Gasteiger partial charge is 0.192 e. The van der Waals surface area contributed by atoms with Crippen molar-refractivity contribution < 1.29 is 0 Å². The minimum atomic E-state index is -0.229. The second-order valence-corrected chi connectivity index (χ2v) is 1.34. The average Bonchev–Trinajstić information content (AvgIpc) is 1.27. The van der Waals surface area contributed by atoms with Crippen LogP contribution in [0.5, 0.6) is 0 Å². The van der Waals surface area contributed by atoms with Crippen molar-refractivity contribution >= 4 is 50.3 Å². The predicted octanol–water partition coefficient (Wildman–Crippen LogP) is -1.06. The molecule has 0 heterocycles. The first-order valence-corrected chi connectivity index (χ1v) is 1.94. The molecular formula is C2H10N4S3. The second kappa shape index (κ2) is 7.86. The van der Waals surface area contributed by atoms with E-state index in [9.17, 15) is 0 Å². The van der Waals surface area contributed by atoms with E-state index in [1.807, 2.05) is 0 Å². The zero-order valence-corrected chi connectivity index (χ0v) is 7.38. The lowest BCUT2D eigenvalue weighted by atomic mass is 10.9. The topological polar surface area (TPSA) is 87.9 Å². The number of hydrogen-bond acceptors (Lipinski definition) is 2. The highest BCUT2D eigenvalue weighted by Gasteiger charge is 1.83. The number of rotatable bonds is 0. The first kappa shape index (κ1) is 15.9. The van der Waals surface area contributed by atoms with Gasteiger partial charge in [-0.15, -0.1) is 0 Å². The van der Waals surface area contributed by atoms with E-state index in [0.717, 1.165) is 0 Å². The summed E-state index contributed by atoms with van der Waals surface area (Å²) in [6.07, 6.45) is 0. The molecule has 0 bridgehead atoms. The highest BCUT2D eigenvalue weighted by Crippen LogP contribution is 1.51. The molecule has 0 aromatic rings. The van der Waals surface area contributed by atoms with Crippen LogP contribution in [0.15, 0.2) is 0 Å². The van der Waals surface area contributed by atoms with Gasteiger partial charge in [-0.2, -0.15) is 27.0 Å². The SMILES string of the molecule is N=C(N)NC(N)=S.S.S. The fourth-order valence-corrected chi connectivity index (χ4v) is 0.243. The van der Waals surface area contributed by atoms with E-state index in [2.05, 4.69) is 17.5 Å². The maximum Gasteiger partial charge on any atom is 0.192 e. The van der Waals surface area contributed by atoms with Gasteiger partial charge >= 0.3 is 0 Å². The summed E-state index contributed by atoms with van der Waals surface area (Å²) in [4.78, 5) is 0. The Labute approximate surface area is 72.8 Å². The molecule has 0 spiro atoms. The highest BCUT2D eigenvalue weighted by molar-refractivity contribution is 7.80. The quantitative estimate of drug-likeness (QED) is 0.221. The Hall–Kier alpha value is -0.140. The van der Waals surface area contributed by atoms with E-state index in [1.165, 1.54) is 0 Å². The van der Waals surface area contributed by atoms with Crippen molar-refractivity contribution in [3.8, 4) is 0 Å². The van der Waals surface area contributed by atoms with Crippen LogP contribution in [0.2, 0.25) is 0 Å². The molecule has 0 saturated heterocycles. The first-order chi connectivity index (χ1) is 3.13. The van der Waals surface area contributed by atoms with Gasteiger partial charge in [0.05, 0.1) is 0 Å². The van der Waals surface area contributed by atoms with Gasteiger partial charge in [0.1, 0.15) is 0 Å². The van der Waals surface area contributed by atoms with Gasteiger partial charge in [0.25, 0.3) is 0 Å². The molecular weight excluding hydrogens is 176 g/mol. The normalized spacial score (nSPS) is 5.78. The number of hydrogen-bond donors (Lipinski definition) is 4. The van der Waals surface area contributed by atoms with E-state index in [1.54, 1.807) is 0 Å². The zero-order valence-electron chi connectivity index (χ0n) is 4.56. The summed E-state index contributed by atoms with van der Waals surface area (Å²) in [6.45, 7) is 0. The average molecular weight is 186 g/mol. The van der Waals surface area contributed by atoms with E-state index < -0.39 is 0 Å². The third kappa shape index (κ3) is 18.1. The molecule has 7 heteroatoms. The summed E-state index contributed by atoms with van der Waals surface area (Å²) in [6, 6.07) is 0. The van der Waals surface area contributed by atoms with Crippen molar-refractivity contribution in [3.05, 3.63) is 0 Å². The molecule has 0 rings (SSSR count). The summed E-state index contributed by atoms with van der Waals surface area (Å²) in [5.41, 5.74) is 9.69. The lowest BCUT2D eigenvalue weighted by molar-refractivity contribution is 1.25. The highest BCUT2D eigenvalue weighted by atomic mass is 32.1. The summed E-state index contributed by atoms with van der Waals surface area (Å²) in [5.74, 6) is -0.229. The molecule has 0 aromatic carbocycles. The Morgan fingerprint density at radius 2 is 1.67 bits per heavy atom. The van der Waals surface area contributed by atoms with Crippen molar-refractivity contribution in [3.63, 3.8) is 0 Å². The summed E-state index contributed by atoms with van der Waals surface area (Å²) in [5, 5.41) is 8.72. The van der Waals surface area contributed by atoms with Crippen LogP contribution < -0.4 is 16.8 Å². The molecule has 0 atom stereocenters. The summed E-state index contributed by atoms with van der Waals surface area (Å²) in [7, 11) is 0. The molecule has 0 unspecified atom stereocenters. The third-order valence-corrected chi connectivity index (χ3v) is 0.360. The third-order valence-electron chi connectivity index (χ3n) is 0.258. The molecule has 0 aliphatic rings. The number of thiocarbonyl (C=S) groups is 1. The standard InChI is InChI=1S/C2H6N4S.2H2S/c3-1(4)6-2(5)7;;/h(H6,3,4,5,6,7);2*1H2. The van der Waals surface area contributed by atoms with Crippen LogP contribution in [0.4, 0.5) is 0 Å². The Bertz CT molecular complexity index is 90.0. The maximum absolute atomic E-state index is 6.52. The van der Waals surface area contributed by atoms with E-state index in [4.69, 9.17) is 16.9 Å². The molecule has 9 heavy (non-hydrogen) atoms. The molecule has 6 N–H and O–H groups in total. The molecule has 0 fully saturated rings. The van der Waals surface area contributed by atoms with Crippen molar-refractivity contribution in [2.45, 2.75) is 0 Å². The van der Waals surface area contributed by atoms with Crippen LogP contribution in [0, 0.1) is 5.41 Å². The van der Waals surface area contributed by atoms with Crippen LogP contribution in [0.25, 0.3) is 0 Å². The number of guanidine groups is 1. The largest absolute Gasteiger partial charge is 0.376 e. The second-order valence-electron chi connectivity index (χ2n) is 0.903. The van der Waals surface area contributed by atoms with Crippen LogP contribution in [-0.2, 0) is 0 Å². The molecule has 56 valence electrons. The van der Waals surface area contributed by atoms with Gasteiger partial charge in [0.15, 0.2) is 11.1 Å². The molecule has 0 aromatic heterocycles. The van der Waals surface area contributed by atoms with Crippen molar-refractivity contribution in [1.82, 2.24) is 5.32 Å². The van der Waals surface area contributed by atoms with Crippen molar-refractivity contribution in [2.75, 3.05) is 0 Å². The van der Waals surface area contributed by atoms with Gasteiger partial charge in [-0.25, -0.2) is 0 Å². The molecule has 4 nitrogen and oxygen atoms in total. The van der Waals surface area contributed by atoms with Crippen LogP contribution in [0.3, 0.4) is 0 Å². The Morgan fingerprint density at radius 1 is 1.33 bits per heavy atom. The molecule has 0 aliphatic carbocycles. The van der Waals surface area contributed by atoms with Crippen LogP contribution in [0.1, 0.15) is 0 Å². The number of nitrogens with one attached hydrogen (secondary N) is 2. The van der Waals surface area contributed by atoms with Crippen molar-refractivity contribution in [1.29, 1.82) is 5.41 Å².